The van der Waals surface area contributed by atoms with Gasteiger partial charge in [0.25, 0.3) is 0 Å². The normalized spacial score (nSPS) is 10.9. The van der Waals surface area contributed by atoms with Gasteiger partial charge < -0.3 is 0 Å². The average molecular weight is 301 g/mol. The molecule has 0 fully saturated rings. The van der Waals surface area contributed by atoms with Crippen LogP contribution in [0.3, 0.4) is 0 Å². The molecule has 0 aliphatic rings. The highest BCUT2D eigenvalue weighted by Gasteiger charge is 2.13. The van der Waals surface area contributed by atoms with Gasteiger partial charge in [-0.3, -0.25) is 0 Å². The molecule has 0 aliphatic carbocycles. The molecule has 5 heteroatoms. The minimum atomic E-state index is 0.471. The summed E-state index contributed by atoms with van der Waals surface area (Å²) in [5.41, 5.74) is 0.844. The standard InChI is InChI=1S/C13H14Cl2N2S/c1-3-5-9-11(14)16-13(17-12(9)15)10-7-6-8(4-2)18-10/h6-7H,3-5H2,1-2H3. The Hall–Kier alpha value is -0.640. The van der Waals surface area contributed by atoms with Gasteiger partial charge in [0.1, 0.15) is 10.3 Å². The van der Waals surface area contributed by atoms with Crippen LogP contribution >= 0.6 is 34.5 Å². The first kappa shape index (κ1) is 13.8. The lowest BCUT2D eigenvalue weighted by Crippen LogP contribution is -1.96. The molecule has 2 aromatic rings. The van der Waals surface area contributed by atoms with Crippen LogP contribution < -0.4 is 0 Å². The fraction of sp³-hybridized carbons (Fsp3) is 0.385. The van der Waals surface area contributed by atoms with Gasteiger partial charge in [-0.1, -0.05) is 43.5 Å². The molecule has 18 heavy (non-hydrogen) atoms. The van der Waals surface area contributed by atoms with E-state index in [0.717, 1.165) is 29.7 Å². The molecular weight excluding hydrogens is 287 g/mol. The van der Waals surface area contributed by atoms with Crippen LogP contribution in [0.2, 0.25) is 10.3 Å². The Morgan fingerprint density at radius 3 is 2.28 bits per heavy atom. The molecule has 2 heterocycles. The van der Waals surface area contributed by atoms with Gasteiger partial charge >= 0.3 is 0 Å². The Morgan fingerprint density at radius 2 is 1.78 bits per heavy atom. The molecule has 2 nitrogen and oxygen atoms in total. The zero-order chi connectivity index (χ0) is 13.1. The van der Waals surface area contributed by atoms with Gasteiger partial charge in [0.2, 0.25) is 0 Å². The second-order valence-corrected chi connectivity index (χ2v) is 5.86. The summed E-state index contributed by atoms with van der Waals surface area (Å²) in [4.78, 5) is 11.0. The zero-order valence-corrected chi connectivity index (χ0v) is 12.7. The molecule has 0 N–H and O–H groups in total. The van der Waals surface area contributed by atoms with Crippen molar-refractivity contribution >= 4 is 34.5 Å². The lowest BCUT2D eigenvalue weighted by Gasteiger charge is -2.06. The van der Waals surface area contributed by atoms with Crippen LogP contribution in [-0.4, -0.2) is 9.97 Å². The van der Waals surface area contributed by atoms with E-state index in [-0.39, 0.29) is 0 Å². The van der Waals surface area contributed by atoms with Crippen LogP contribution in [-0.2, 0) is 12.8 Å². The topological polar surface area (TPSA) is 25.8 Å². The molecule has 0 atom stereocenters. The van der Waals surface area contributed by atoms with Crippen LogP contribution in [0, 0.1) is 0 Å². The summed E-state index contributed by atoms with van der Waals surface area (Å²) in [5.74, 6) is 0.620. The Balaban J connectivity index is 2.40. The summed E-state index contributed by atoms with van der Waals surface area (Å²) < 4.78 is 0. The van der Waals surface area contributed by atoms with Crippen molar-refractivity contribution in [3.8, 4) is 10.7 Å². The molecule has 2 aromatic heterocycles. The van der Waals surface area contributed by atoms with Crippen molar-refractivity contribution in [1.29, 1.82) is 0 Å². The predicted octanol–water partition coefficient (Wildman–Crippen LogP) is 5.03. The summed E-state index contributed by atoms with van der Waals surface area (Å²) >= 11 is 14.0. The number of rotatable bonds is 4. The molecule has 0 radical (unpaired) electrons. The first-order valence-electron chi connectivity index (χ1n) is 5.96. The molecule has 0 aliphatic heterocycles. The monoisotopic (exact) mass is 300 g/mol. The van der Waals surface area contributed by atoms with E-state index in [1.165, 1.54) is 4.88 Å². The Bertz CT molecular complexity index is 529. The summed E-state index contributed by atoms with van der Waals surface area (Å²) in [6.07, 6.45) is 2.80. The van der Waals surface area contributed by atoms with Crippen LogP contribution in [0.5, 0.6) is 0 Å². The SMILES string of the molecule is CCCc1c(Cl)nc(-c2ccc(CC)s2)nc1Cl. The first-order valence-corrected chi connectivity index (χ1v) is 7.54. The highest BCUT2D eigenvalue weighted by atomic mass is 35.5. The maximum Gasteiger partial charge on any atom is 0.172 e. The fourth-order valence-corrected chi connectivity index (χ4v) is 3.14. The molecule has 0 saturated carbocycles. The number of hydrogen-bond donors (Lipinski definition) is 0. The molecule has 0 unspecified atom stereocenters. The average Bonchev–Trinajstić information content (AvgIpc) is 2.82. The minimum absolute atomic E-state index is 0.471. The number of hydrogen-bond acceptors (Lipinski definition) is 3. The number of thiophene rings is 1. The van der Waals surface area contributed by atoms with E-state index in [1.54, 1.807) is 11.3 Å². The molecule has 0 saturated heterocycles. The van der Waals surface area contributed by atoms with Gasteiger partial charge in [0, 0.05) is 10.4 Å². The van der Waals surface area contributed by atoms with Gasteiger partial charge in [-0.15, -0.1) is 11.3 Å². The van der Waals surface area contributed by atoms with E-state index >= 15 is 0 Å². The third-order valence-electron chi connectivity index (χ3n) is 2.64. The third-order valence-corrected chi connectivity index (χ3v) is 4.49. The molecule has 0 spiro atoms. The minimum Gasteiger partial charge on any atom is -0.215 e. The van der Waals surface area contributed by atoms with Gasteiger partial charge in [0.05, 0.1) is 4.88 Å². The van der Waals surface area contributed by atoms with E-state index in [0.29, 0.717) is 16.1 Å². The van der Waals surface area contributed by atoms with Crippen LogP contribution in [0.15, 0.2) is 12.1 Å². The highest BCUT2D eigenvalue weighted by molar-refractivity contribution is 7.15. The number of aryl methyl sites for hydroxylation is 1. The van der Waals surface area contributed by atoms with Crippen LogP contribution in [0.25, 0.3) is 10.7 Å². The number of halogens is 2. The lowest BCUT2D eigenvalue weighted by molar-refractivity contribution is 0.903. The van der Waals surface area contributed by atoms with E-state index in [4.69, 9.17) is 23.2 Å². The summed E-state index contributed by atoms with van der Waals surface area (Å²) in [7, 11) is 0. The van der Waals surface area contributed by atoms with Gasteiger partial charge in [0.15, 0.2) is 5.82 Å². The first-order chi connectivity index (χ1) is 8.65. The van der Waals surface area contributed by atoms with Crippen molar-refractivity contribution < 1.29 is 0 Å². The maximum absolute atomic E-state index is 6.17. The molecular formula is C13H14Cl2N2S. The quantitative estimate of drug-likeness (QED) is 0.740. The smallest absolute Gasteiger partial charge is 0.172 e. The van der Waals surface area contributed by atoms with Crippen molar-refractivity contribution in [2.24, 2.45) is 0 Å². The van der Waals surface area contributed by atoms with Crippen molar-refractivity contribution in [2.75, 3.05) is 0 Å². The number of nitrogens with zero attached hydrogens (tertiary/aromatic N) is 2. The molecule has 0 aromatic carbocycles. The van der Waals surface area contributed by atoms with Gasteiger partial charge in [-0.05, 0) is 25.0 Å². The highest BCUT2D eigenvalue weighted by Crippen LogP contribution is 2.30. The Labute approximate surface area is 121 Å². The van der Waals surface area contributed by atoms with Crippen molar-refractivity contribution in [3.05, 3.63) is 32.9 Å². The molecule has 0 amide bonds. The Morgan fingerprint density at radius 1 is 1.11 bits per heavy atom. The number of aromatic nitrogens is 2. The van der Waals surface area contributed by atoms with Crippen molar-refractivity contribution in [1.82, 2.24) is 9.97 Å². The van der Waals surface area contributed by atoms with E-state index in [1.807, 2.05) is 6.07 Å². The maximum atomic E-state index is 6.17. The third kappa shape index (κ3) is 2.85. The van der Waals surface area contributed by atoms with E-state index < -0.39 is 0 Å². The largest absolute Gasteiger partial charge is 0.215 e. The van der Waals surface area contributed by atoms with Crippen LogP contribution in [0.4, 0.5) is 0 Å². The van der Waals surface area contributed by atoms with Crippen LogP contribution in [0.1, 0.15) is 30.7 Å². The Kier molecular flexibility index (Phi) is 4.60. The molecule has 96 valence electrons. The van der Waals surface area contributed by atoms with Crippen molar-refractivity contribution in [2.45, 2.75) is 33.1 Å². The summed E-state index contributed by atoms with van der Waals surface area (Å²) in [5, 5.41) is 0.941. The van der Waals surface area contributed by atoms with Gasteiger partial charge in [-0.2, -0.15) is 0 Å². The van der Waals surface area contributed by atoms with Crippen molar-refractivity contribution in [3.63, 3.8) is 0 Å². The van der Waals surface area contributed by atoms with Gasteiger partial charge in [-0.25, -0.2) is 9.97 Å². The van der Waals surface area contributed by atoms with E-state index in [2.05, 4.69) is 29.9 Å². The predicted molar refractivity (Wildman–Crippen MR) is 78.7 cm³/mol. The summed E-state index contributed by atoms with van der Waals surface area (Å²) in [6, 6.07) is 4.11. The van der Waals surface area contributed by atoms with E-state index in [9.17, 15) is 0 Å². The second-order valence-electron chi connectivity index (χ2n) is 3.98. The molecule has 2 rings (SSSR count). The summed E-state index contributed by atoms with van der Waals surface area (Å²) in [6.45, 7) is 4.20. The molecule has 0 bridgehead atoms. The fourth-order valence-electron chi connectivity index (χ4n) is 1.69. The zero-order valence-electron chi connectivity index (χ0n) is 10.3. The second kappa shape index (κ2) is 6.00. The lowest BCUT2D eigenvalue weighted by atomic mass is 10.2.